The Bertz CT molecular complexity index is 126. The second-order valence-corrected chi connectivity index (χ2v) is 1.12. The highest BCUT2D eigenvalue weighted by molar-refractivity contribution is 5.26. The molecule has 0 atom stereocenters. The zero-order chi connectivity index (χ0) is 7.11. The van der Waals surface area contributed by atoms with Crippen molar-refractivity contribution in [2.75, 3.05) is 12.4 Å². The van der Waals surface area contributed by atoms with Crippen LogP contribution >= 0.6 is 0 Å². The molecule has 0 saturated carbocycles. The van der Waals surface area contributed by atoms with E-state index in [1.165, 1.54) is 6.39 Å². The Kier molecular flexibility index (Phi) is 4.59. The van der Waals surface area contributed by atoms with Gasteiger partial charge in [-0.3, -0.25) is 0 Å². The van der Waals surface area contributed by atoms with E-state index in [0.29, 0.717) is 0 Å². The third-order valence-electron chi connectivity index (χ3n) is 0.688. The van der Waals surface area contributed by atoms with Crippen LogP contribution in [-0.2, 0) is 0 Å². The van der Waals surface area contributed by atoms with Gasteiger partial charge in [0.1, 0.15) is 6.26 Å². The molecule has 1 aromatic rings. The van der Waals surface area contributed by atoms with Crippen molar-refractivity contribution in [2.24, 2.45) is 0 Å². The Morgan fingerprint density at radius 1 is 1.56 bits per heavy atom. The quantitative estimate of drug-likeness (QED) is 0.626. The molecule has 1 rings (SSSR count). The van der Waals surface area contributed by atoms with Crippen molar-refractivity contribution in [2.45, 2.75) is 13.8 Å². The summed E-state index contributed by atoms with van der Waals surface area (Å²) in [7, 11) is 1.79. The van der Waals surface area contributed by atoms with Crippen molar-refractivity contribution in [3.8, 4) is 0 Å². The van der Waals surface area contributed by atoms with Gasteiger partial charge in [-0.25, -0.2) is 0 Å². The fraction of sp³-hybridized carbons (Fsp3) is 0.500. The summed E-state index contributed by atoms with van der Waals surface area (Å²) in [4.78, 5) is 3.76. The second kappa shape index (κ2) is 5.15. The number of hydrogen-bond acceptors (Lipinski definition) is 3. The lowest BCUT2D eigenvalue weighted by molar-refractivity contribution is 0.558. The average Bonchev–Trinajstić information content (AvgIpc) is 2.43. The van der Waals surface area contributed by atoms with Crippen LogP contribution in [0.15, 0.2) is 17.1 Å². The van der Waals surface area contributed by atoms with E-state index < -0.39 is 0 Å². The molecule has 1 heterocycles. The van der Waals surface area contributed by atoms with Crippen LogP contribution in [0.4, 0.5) is 5.82 Å². The summed E-state index contributed by atoms with van der Waals surface area (Å²) in [6.45, 7) is 4.00. The molecule has 0 saturated heterocycles. The normalized spacial score (nSPS) is 7.44. The summed E-state index contributed by atoms with van der Waals surface area (Å²) in [5.41, 5.74) is 0. The van der Waals surface area contributed by atoms with Gasteiger partial charge in [0.05, 0.1) is 0 Å². The van der Waals surface area contributed by atoms with Gasteiger partial charge < -0.3 is 9.73 Å². The topological polar surface area (TPSA) is 38.1 Å². The van der Waals surface area contributed by atoms with Crippen molar-refractivity contribution >= 4 is 5.82 Å². The molecule has 0 spiro atoms. The van der Waals surface area contributed by atoms with Crippen molar-refractivity contribution in [3.63, 3.8) is 0 Å². The highest BCUT2D eigenvalue weighted by Gasteiger charge is 1.83. The van der Waals surface area contributed by atoms with Gasteiger partial charge in [0.25, 0.3) is 0 Å². The molecule has 1 aromatic heterocycles. The molecule has 0 bridgehead atoms. The van der Waals surface area contributed by atoms with Gasteiger partial charge >= 0.3 is 0 Å². The number of rotatable bonds is 1. The lowest BCUT2D eigenvalue weighted by Gasteiger charge is -1.82. The number of aromatic nitrogens is 1. The Morgan fingerprint density at radius 2 is 2.22 bits per heavy atom. The Hall–Kier alpha value is -0.990. The fourth-order valence-corrected chi connectivity index (χ4v) is 0.336. The first-order valence-electron chi connectivity index (χ1n) is 2.99. The molecule has 0 unspecified atom stereocenters. The Labute approximate surface area is 55.1 Å². The van der Waals surface area contributed by atoms with E-state index in [1.54, 1.807) is 13.3 Å². The van der Waals surface area contributed by atoms with E-state index in [-0.39, 0.29) is 0 Å². The molecule has 3 nitrogen and oxygen atoms in total. The molecule has 1 N–H and O–H groups in total. The molecule has 0 aliphatic heterocycles. The van der Waals surface area contributed by atoms with Crippen LogP contribution in [0.1, 0.15) is 13.8 Å². The maximum absolute atomic E-state index is 4.63. The van der Waals surface area contributed by atoms with Crippen LogP contribution in [0.5, 0.6) is 0 Å². The van der Waals surface area contributed by atoms with Crippen molar-refractivity contribution in [1.29, 1.82) is 0 Å². The van der Waals surface area contributed by atoms with E-state index in [0.717, 1.165) is 5.82 Å². The molecule has 0 fully saturated rings. The van der Waals surface area contributed by atoms with Gasteiger partial charge in [0.15, 0.2) is 12.2 Å². The lowest BCUT2D eigenvalue weighted by Crippen LogP contribution is -1.84. The number of nitrogens with zero attached hydrogens (tertiary/aromatic N) is 1. The molecule has 0 aromatic carbocycles. The first kappa shape index (κ1) is 8.01. The molecule has 0 aliphatic rings. The van der Waals surface area contributed by atoms with Gasteiger partial charge in [0.2, 0.25) is 0 Å². The molecule has 0 radical (unpaired) electrons. The van der Waals surface area contributed by atoms with Crippen LogP contribution in [0.25, 0.3) is 0 Å². The molecule has 0 amide bonds. The Balaban J connectivity index is 0.000000291. The lowest BCUT2D eigenvalue weighted by atomic mass is 10.8. The van der Waals surface area contributed by atoms with E-state index >= 15 is 0 Å². The Morgan fingerprint density at radius 3 is 2.44 bits per heavy atom. The monoisotopic (exact) mass is 128 g/mol. The number of hydrogen-bond donors (Lipinski definition) is 1. The first-order valence-corrected chi connectivity index (χ1v) is 2.99. The predicted octanol–water partition coefficient (Wildman–Crippen LogP) is 1.74. The highest BCUT2D eigenvalue weighted by atomic mass is 16.3. The summed E-state index contributed by atoms with van der Waals surface area (Å²) in [6, 6.07) is 0. The van der Waals surface area contributed by atoms with Crippen molar-refractivity contribution < 1.29 is 4.42 Å². The minimum Gasteiger partial charge on any atom is -0.449 e. The minimum atomic E-state index is 0.764. The molecule has 0 aliphatic carbocycles. The fourth-order valence-electron chi connectivity index (χ4n) is 0.336. The highest BCUT2D eigenvalue weighted by Crippen LogP contribution is 1.96. The van der Waals surface area contributed by atoms with Gasteiger partial charge in [0, 0.05) is 7.05 Å². The molecular formula is C6H12N2O. The molecule has 9 heavy (non-hydrogen) atoms. The van der Waals surface area contributed by atoms with Crippen LogP contribution in [0.2, 0.25) is 0 Å². The van der Waals surface area contributed by atoms with Crippen LogP contribution in [-0.4, -0.2) is 12.0 Å². The SMILES string of the molecule is CC.CNc1cocn1. The van der Waals surface area contributed by atoms with E-state index in [4.69, 9.17) is 0 Å². The summed E-state index contributed by atoms with van der Waals surface area (Å²) < 4.78 is 4.63. The second-order valence-electron chi connectivity index (χ2n) is 1.12. The van der Waals surface area contributed by atoms with Crippen LogP contribution in [0, 0.1) is 0 Å². The van der Waals surface area contributed by atoms with E-state index in [9.17, 15) is 0 Å². The smallest absolute Gasteiger partial charge is 0.182 e. The van der Waals surface area contributed by atoms with Crippen molar-refractivity contribution in [1.82, 2.24) is 4.98 Å². The van der Waals surface area contributed by atoms with E-state index in [1.807, 2.05) is 13.8 Å². The van der Waals surface area contributed by atoms with Crippen LogP contribution < -0.4 is 5.32 Å². The maximum atomic E-state index is 4.63. The molecule has 52 valence electrons. The summed E-state index contributed by atoms with van der Waals surface area (Å²) in [6.07, 6.45) is 2.92. The zero-order valence-electron chi connectivity index (χ0n) is 6.01. The average molecular weight is 128 g/mol. The molecular weight excluding hydrogens is 116 g/mol. The molecule has 3 heteroatoms. The third-order valence-corrected chi connectivity index (χ3v) is 0.688. The van der Waals surface area contributed by atoms with Crippen molar-refractivity contribution in [3.05, 3.63) is 12.7 Å². The number of nitrogens with one attached hydrogen (secondary N) is 1. The minimum absolute atomic E-state index is 0.764. The van der Waals surface area contributed by atoms with Crippen LogP contribution in [0.3, 0.4) is 0 Å². The largest absolute Gasteiger partial charge is 0.449 e. The summed E-state index contributed by atoms with van der Waals surface area (Å²) in [5, 5.41) is 2.80. The third kappa shape index (κ3) is 2.74. The summed E-state index contributed by atoms with van der Waals surface area (Å²) >= 11 is 0. The summed E-state index contributed by atoms with van der Waals surface area (Å²) in [5.74, 6) is 0.764. The van der Waals surface area contributed by atoms with Gasteiger partial charge in [-0.2, -0.15) is 4.98 Å². The zero-order valence-corrected chi connectivity index (χ0v) is 6.01. The van der Waals surface area contributed by atoms with Gasteiger partial charge in [-0.1, -0.05) is 13.8 Å². The maximum Gasteiger partial charge on any atom is 0.182 e. The number of anilines is 1. The number of oxazole rings is 1. The predicted molar refractivity (Wildman–Crippen MR) is 37.4 cm³/mol. The first-order chi connectivity index (χ1) is 4.43. The van der Waals surface area contributed by atoms with E-state index in [2.05, 4.69) is 14.7 Å². The standard InChI is InChI=1S/C4H6N2O.C2H6/c1-5-4-2-7-3-6-4;1-2/h2-3,5H,1H3;1-2H3. The van der Waals surface area contributed by atoms with Gasteiger partial charge in [-0.05, 0) is 0 Å². The van der Waals surface area contributed by atoms with Gasteiger partial charge in [-0.15, -0.1) is 0 Å².